The maximum atomic E-state index is 2.47. The second kappa shape index (κ2) is 7.69. The van der Waals surface area contributed by atoms with Gasteiger partial charge >= 0.3 is 0 Å². The van der Waals surface area contributed by atoms with Gasteiger partial charge in [0.2, 0.25) is 0 Å². The van der Waals surface area contributed by atoms with E-state index in [0.29, 0.717) is 0 Å². The molecule has 0 unspecified atom stereocenters. The van der Waals surface area contributed by atoms with Gasteiger partial charge in [-0.2, -0.15) is 0 Å². The highest BCUT2D eigenvalue weighted by molar-refractivity contribution is 6.19. The van der Waals surface area contributed by atoms with Gasteiger partial charge in [0.05, 0.1) is 11.0 Å². The number of fused-ring (bicyclic) bond motifs is 8. The van der Waals surface area contributed by atoms with Crippen LogP contribution in [0.5, 0.6) is 0 Å². The van der Waals surface area contributed by atoms with E-state index in [1.54, 1.807) is 0 Å². The minimum absolute atomic E-state index is 0.0313. The van der Waals surface area contributed by atoms with Gasteiger partial charge in [-0.3, -0.25) is 0 Å². The maximum absolute atomic E-state index is 2.47. The van der Waals surface area contributed by atoms with E-state index in [4.69, 9.17) is 0 Å². The normalized spacial score (nSPS) is 13.7. The fraction of sp³-hybridized carbons (Fsp3) is 0.0811. The van der Waals surface area contributed by atoms with Crippen LogP contribution in [-0.2, 0) is 5.41 Å². The number of nitrogens with zero attached hydrogens (tertiary/aromatic N) is 1. The van der Waals surface area contributed by atoms with Gasteiger partial charge in [0.15, 0.2) is 0 Å². The van der Waals surface area contributed by atoms with Crippen molar-refractivity contribution in [3.8, 4) is 27.9 Å². The Morgan fingerprint density at radius 3 is 2.05 bits per heavy atom. The molecule has 0 saturated carbocycles. The number of benzene rings is 6. The quantitative estimate of drug-likeness (QED) is 0.230. The molecule has 180 valence electrons. The van der Waals surface area contributed by atoms with Crippen molar-refractivity contribution >= 4 is 32.6 Å². The Hall–Kier alpha value is -4.62. The summed E-state index contributed by atoms with van der Waals surface area (Å²) in [6.45, 7) is 4.73. The monoisotopic (exact) mass is 485 g/mol. The highest BCUT2D eigenvalue weighted by atomic mass is 15.0. The van der Waals surface area contributed by atoms with E-state index < -0.39 is 0 Å². The molecule has 0 N–H and O–H groups in total. The van der Waals surface area contributed by atoms with Crippen LogP contribution in [0.4, 0.5) is 0 Å². The zero-order valence-electron chi connectivity index (χ0n) is 21.6. The molecule has 38 heavy (non-hydrogen) atoms. The van der Waals surface area contributed by atoms with Gasteiger partial charge in [-0.25, -0.2) is 0 Å². The summed E-state index contributed by atoms with van der Waals surface area (Å²) in [4.78, 5) is 0. The number of aromatic nitrogens is 1. The molecule has 0 aliphatic heterocycles. The molecule has 1 nitrogen and oxygen atoms in total. The fourth-order valence-electron chi connectivity index (χ4n) is 6.68. The average Bonchev–Trinajstić information content (AvgIpc) is 3.42. The van der Waals surface area contributed by atoms with E-state index in [0.717, 1.165) is 0 Å². The van der Waals surface area contributed by atoms with Crippen LogP contribution < -0.4 is 0 Å². The topological polar surface area (TPSA) is 4.93 Å². The Labute approximate surface area is 222 Å². The lowest BCUT2D eigenvalue weighted by molar-refractivity contribution is 0.661. The molecular weight excluding hydrogens is 458 g/mol. The fourth-order valence-corrected chi connectivity index (χ4v) is 6.68. The van der Waals surface area contributed by atoms with Crippen molar-refractivity contribution in [1.82, 2.24) is 4.57 Å². The summed E-state index contributed by atoms with van der Waals surface area (Å²) in [5.74, 6) is 0. The van der Waals surface area contributed by atoms with E-state index in [1.165, 1.54) is 71.6 Å². The van der Waals surface area contributed by atoms with E-state index in [2.05, 4.69) is 146 Å². The van der Waals surface area contributed by atoms with Crippen LogP contribution in [0.2, 0.25) is 0 Å². The van der Waals surface area contributed by atoms with Crippen LogP contribution in [0.15, 0.2) is 127 Å². The summed E-state index contributed by atoms with van der Waals surface area (Å²) >= 11 is 0. The van der Waals surface area contributed by atoms with Crippen LogP contribution in [0.3, 0.4) is 0 Å². The molecule has 1 aliphatic rings. The van der Waals surface area contributed by atoms with E-state index in [9.17, 15) is 0 Å². The van der Waals surface area contributed by atoms with Crippen molar-refractivity contribution in [2.24, 2.45) is 0 Å². The lowest BCUT2D eigenvalue weighted by Crippen LogP contribution is -2.14. The zero-order valence-corrected chi connectivity index (χ0v) is 21.6. The molecule has 6 aromatic carbocycles. The van der Waals surface area contributed by atoms with Crippen molar-refractivity contribution in [2.45, 2.75) is 19.3 Å². The zero-order chi connectivity index (χ0) is 25.4. The average molecular weight is 486 g/mol. The summed E-state index contributed by atoms with van der Waals surface area (Å²) in [7, 11) is 0. The first-order chi connectivity index (χ1) is 18.6. The van der Waals surface area contributed by atoms with E-state index >= 15 is 0 Å². The Morgan fingerprint density at radius 1 is 0.500 bits per heavy atom. The van der Waals surface area contributed by atoms with Gasteiger partial charge in [0.25, 0.3) is 0 Å². The second-order valence-corrected chi connectivity index (χ2v) is 11.0. The summed E-state index contributed by atoms with van der Waals surface area (Å²) < 4.78 is 2.46. The van der Waals surface area contributed by atoms with Gasteiger partial charge in [0.1, 0.15) is 0 Å². The summed E-state index contributed by atoms with van der Waals surface area (Å²) in [6.07, 6.45) is 0. The molecule has 7 aromatic rings. The smallest absolute Gasteiger partial charge is 0.0619 e. The maximum Gasteiger partial charge on any atom is 0.0619 e. The highest BCUT2D eigenvalue weighted by Crippen LogP contribution is 2.50. The highest BCUT2D eigenvalue weighted by Gasteiger charge is 2.35. The predicted molar refractivity (Wildman–Crippen MR) is 161 cm³/mol. The van der Waals surface area contributed by atoms with Crippen molar-refractivity contribution < 1.29 is 0 Å². The molecule has 1 heterocycles. The minimum atomic E-state index is -0.0313. The van der Waals surface area contributed by atoms with Crippen molar-refractivity contribution in [2.75, 3.05) is 0 Å². The molecule has 1 aliphatic carbocycles. The summed E-state index contributed by atoms with van der Waals surface area (Å²) in [5.41, 5.74) is 11.7. The third kappa shape index (κ3) is 2.87. The summed E-state index contributed by atoms with van der Waals surface area (Å²) in [5, 5.41) is 5.19. The summed E-state index contributed by atoms with van der Waals surface area (Å²) in [6, 6.07) is 46.8. The molecule has 0 saturated heterocycles. The number of rotatable bonds is 2. The minimum Gasteiger partial charge on any atom is -0.309 e. The first-order valence-corrected chi connectivity index (χ1v) is 13.4. The lowest BCUT2D eigenvalue weighted by Gasteiger charge is -2.22. The van der Waals surface area contributed by atoms with Gasteiger partial charge in [0, 0.05) is 27.3 Å². The van der Waals surface area contributed by atoms with Gasteiger partial charge in [-0.15, -0.1) is 0 Å². The third-order valence-corrected chi connectivity index (χ3v) is 8.58. The van der Waals surface area contributed by atoms with Crippen LogP contribution in [0.25, 0.3) is 60.5 Å². The van der Waals surface area contributed by atoms with Crippen molar-refractivity contribution in [1.29, 1.82) is 0 Å². The third-order valence-electron chi connectivity index (χ3n) is 8.58. The van der Waals surface area contributed by atoms with E-state index in [1.807, 2.05) is 0 Å². The molecule has 1 aromatic heterocycles. The Morgan fingerprint density at radius 2 is 1.21 bits per heavy atom. The lowest BCUT2D eigenvalue weighted by atomic mass is 9.82. The van der Waals surface area contributed by atoms with Crippen molar-refractivity contribution in [3.05, 3.63) is 139 Å². The molecule has 0 fully saturated rings. The number of hydrogen-bond donors (Lipinski definition) is 0. The van der Waals surface area contributed by atoms with Crippen LogP contribution in [0.1, 0.15) is 25.0 Å². The van der Waals surface area contributed by atoms with Crippen LogP contribution in [-0.4, -0.2) is 4.57 Å². The van der Waals surface area contributed by atoms with Crippen molar-refractivity contribution in [3.63, 3.8) is 0 Å². The van der Waals surface area contributed by atoms with Gasteiger partial charge in [-0.05, 0) is 69.1 Å². The standard InChI is InChI=1S/C37H27N/c1-37(2)33-14-8-6-12-28(33)32-22-26-18-21-30-29-13-7-9-15-35(29)38(36(30)31(26)23-34(32)37)27-19-16-25(17-20-27)24-10-4-3-5-11-24/h3-23H,1-2H3. The molecule has 0 bridgehead atoms. The van der Waals surface area contributed by atoms with Crippen LogP contribution in [0, 0.1) is 0 Å². The Balaban J connectivity index is 1.43. The van der Waals surface area contributed by atoms with E-state index in [-0.39, 0.29) is 5.41 Å². The largest absolute Gasteiger partial charge is 0.309 e. The Kier molecular flexibility index (Phi) is 4.35. The number of hydrogen-bond acceptors (Lipinski definition) is 0. The Bertz CT molecular complexity index is 2020. The SMILES string of the molecule is CC1(C)c2ccccc2-c2cc3ccc4c5ccccc5n(-c5ccc(-c6ccccc6)cc5)c4c3cc21. The molecule has 1 heteroatoms. The van der Waals surface area contributed by atoms with Crippen LogP contribution >= 0.6 is 0 Å². The molecule has 0 amide bonds. The molecule has 8 rings (SSSR count). The second-order valence-electron chi connectivity index (χ2n) is 11.0. The first kappa shape index (κ1) is 21.5. The van der Waals surface area contributed by atoms with Gasteiger partial charge in [-0.1, -0.05) is 111 Å². The molecule has 0 spiro atoms. The number of para-hydroxylation sites is 1. The predicted octanol–water partition coefficient (Wildman–Crippen LogP) is 9.91. The first-order valence-electron chi connectivity index (χ1n) is 13.4. The molecular formula is C37H27N. The van der Waals surface area contributed by atoms with Gasteiger partial charge < -0.3 is 4.57 Å². The molecule has 0 radical (unpaired) electrons. The molecule has 0 atom stereocenters.